The van der Waals surface area contributed by atoms with Crippen LogP contribution in [-0.2, 0) is 0 Å². The van der Waals surface area contributed by atoms with Crippen LogP contribution in [0.5, 0.6) is 0 Å². The summed E-state index contributed by atoms with van der Waals surface area (Å²) in [5, 5.41) is 3.12. The smallest absolute Gasteiger partial charge is 0.253 e. The maximum Gasteiger partial charge on any atom is 0.253 e. The topological polar surface area (TPSA) is 68.0 Å². The number of halogens is 1. The molecule has 1 aromatic rings. The third-order valence-corrected chi connectivity index (χ3v) is 3.04. The molecule has 0 radical (unpaired) electrons. The van der Waals surface area contributed by atoms with E-state index >= 15 is 0 Å². The van der Waals surface area contributed by atoms with Gasteiger partial charge in [-0.05, 0) is 17.9 Å². The number of hydrogen-bond acceptors (Lipinski definition) is 3. The lowest BCUT2D eigenvalue weighted by molar-refractivity contribution is 0.0936. The van der Waals surface area contributed by atoms with Gasteiger partial charge in [-0.1, -0.05) is 32.4 Å². The van der Waals surface area contributed by atoms with Crippen LogP contribution in [0.25, 0.3) is 0 Å². The van der Waals surface area contributed by atoms with Gasteiger partial charge in [0.1, 0.15) is 5.15 Å². The minimum atomic E-state index is -0.215. The largest absolute Gasteiger partial charge is 0.397 e. The van der Waals surface area contributed by atoms with Crippen molar-refractivity contribution < 1.29 is 4.79 Å². The zero-order chi connectivity index (χ0) is 13.1. The molecule has 0 spiro atoms. The molecule has 0 aliphatic heterocycles. The van der Waals surface area contributed by atoms with E-state index in [2.05, 4.69) is 31.1 Å². The summed E-state index contributed by atoms with van der Waals surface area (Å²) in [7, 11) is 0. The Kier molecular flexibility index (Phi) is 4.34. The molecule has 0 saturated carbocycles. The highest BCUT2D eigenvalue weighted by atomic mass is 35.5. The fourth-order valence-corrected chi connectivity index (χ4v) is 1.33. The Balaban J connectivity index is 2.74. The molecule has 0 aliphatic carbocycles. The van der Waals surface area contributed by atoms with Gasteiger partial charge in [0, 0.05) is 6.54 Å². The number of nitrogens with zero attached hydrogens (tertiary/aromatic N) is 1. The van der Waals surface area contributed by atoms with Crippen LogP contribution < -0.4 is 11.1 Å². The van der Waals surface area contributed by atoms with Crippen molar-refractivity contribution in [1.29, 1.82) is 0 Å². The van der Waals surface area contributed by atoms with Crippen molar-refractivity contribution in [2.24, 2.45) is 5.41 Å². The van der Waals surface area contributed by atoms with Crippen molar-refractivity contribution in [3.63, 3.8) is 0 Å². The molecule has 0 aliphatic rings. The highest BCUT2D eigenvalue weighted by molar-refractivity contribution is 6.29. The normalized spacial score (nSPS) is 11.3. The number of nitrogens with two attached hydrogens (primary N) is 1. The Bertz CT molecular complexity index is 418. The number of amides is 1. The zero-order valence-electron chi connectivity index (χ0n) is 10.4. The van der Waals surface area contributed by atoms with E-state index in [1.807, 2.05) is 0 Å². The molecule has 3 N–H and O–H groups in total. The molecule has 1 rings (SSSR count). The van der Waals surface area contributed by atoms with Gasteiger partial charge in [0.2, 0.25) is 0 Å². The molecule has 1 amide bonds. The maximum absolute atomic E-state index is 11.9. The monoisotopic (exact) mass is 255 g/mol. The second kappa shape index (κ2) is 5.36. The van der Waals surface area contributed by atoms with Crippen molar-refractivity contribution in [2.75, 3.05) is 12.3 Å². The average Bonchev–Trinajstić information content (AvgIpc) is 2.29. The van der Waals surface area contributed by atoms with Gasteiger partial charge < -0.3 is 11.1 Å². The molecule has 0 unspecified atom stereocenters. The van der Waals surface area contributed by atoms with Crippen LogP contribution >= 0.6 is 11.6 Å². The van der Waals surface area contributed by atoms with E-state index < -0.39 is 0 Å². The minimum absolute atomic E-state index is 0.0707. The van der Waals surface area contributed by atoms with Crippen molar-refractivity contribution in [3.05, 3.63) is 23.0 Å². The molecule has 94 valence electrons. The van der Waals surface area contributed by atoms with E-state index in [1.54, 1.807) is 0 Å². The summed E-state index contributed by atoms with van der Waals surface area (Å²) in [6.07, 6.45) is 2.38. The van der Waals surface area contributed by atoms with Crippen molar-refractivity contribution in [1.82, 2.24) is 10.3 Å². The van der Waals surface area contributed by atoms with Gasteiger partial charge >= 0.3 is 0 Å². The molecule has 4 nitrogen and oxygen atoms in total. The lowest BCUT2D eigenvalue weighted by Crippen LogP contribution is -2.34. The number of pyridine rings is 1. The quantitative estimate of drug-likeness (QED) is 0.813. The molecule has 5 heteroatoms. The molecule has 0 aromatic carbocycles. The molecule has 0 bridgehead atoms. The predicted molar refractivity (Wildman–Crippen MR) is 70.1 cm³/mol. The predicted octanol–water partition coefficient (Wildman–Crippen LogP) is 2.48. The second-order valence-corrected chi connectivity index (χ2v) is 5.18. The van der Waals surface area contributed by atoms with Gasteiger partial charge in [-0.3, -0.25) is 4.79 Å². The van der Waals surface area contributed by atoms with Gasteiger partial charge in [0.15, 0.2) is 0 Å². The van der Waals surface area contributed by atoms with Gasteiger partial charge in [0.25, 0.3) is 5.91 Å². The number of aromatic nitrogens is 1. The Morgan fingerprint density at radius 3 is 2.82 bits per heavy atom. The number of carbonyl (C=O) groups is 1. The van der Waals surface area contributed by atoms with Crippen molar-refractivity contribution in [2.45, 2.75) is 27.2 Å². The Labute approximate surface area is 107 Å². The van der Waals surface area contributed by atoms with Crippen molar-refractivity contribution >= 4 is 23.2 Å². The summed E-state index contributed by atoms with van der Waals surface area (Å²) in [6.45, 7) is 6.87. The van der Waals surface area contributed by atoms with E-state index in [-0.39, 0.29) is 16.5 Å². The highest BCUT2D eigenvalue weighted by Crippen LogP contribution is 2.19. The molecule has 17 heavy (non-hydrogen) atoms. The second-order valence-electron chi connectivity index (χ2n) is 4.79. The van der Waals surface area contributed by atoms with E-state index in [0.29, 0.717) is 17.8 Å². The van der Waals surface area contributed by atoms with Crippen LogP contribution in [0.2, 0.25) is 5.15 Å². The lowest BCUT2D eigenvalue weighted by Gasteiger charge is -2.23. The maximum atomic E-state index is 11.9. The third-order valence-electron chi connectivity index (χ3n) is 2.83. The molecule has 1 aromatic heterocycles. The van der Waals surface area contributed by atoms with E-state index in [0.717, 1.165) is 6.42 Å². The number of nitrogens with one attached hydrogen (secondary N) is 1. The van der Waals surface area contributed by atoms with E-state index in [9.17, 15) is 4.79 Å². The summed E-state index contributed by atoms with van der Waals surface area (Å²) in [5.41, 5.74) is 6.46. The van der Waals surface area contributed by atoms with Crippen LogP contribution in [0.4, 0.5) is 5.69 Å². The first-order valence-corrected chi connectivity index (χ1v) is 5.93. The first-order chi connectivity index (χ1) is 7.85. The highest BCUT2D eigenvalue weighted by Gasteiger charge is 2.18. The van der Waals surface area contributed by atoms with Crippen molar-refractivity contribution in [3.8, 4) is 0 Å². The molecule has 1 heterocycles. The summed E-state index contributed by atoms with van der Waals surface area (Å²) < 4.78 is 0. The van der Waals surface area contributed by atoms with Gasteiger partial charge in [0.05, 0.1) is 17.4 Å². The summed E-state index contributed by atoms with van der Waals surface area (Å²) in [5.74, 6) is -0.215. The molecule has 0 fully saturated rings. The standard InChI is InChI=1S/C12H18ClN3O/c1-4-12(2,3)7-16-11(17)8-5-10(13)15-6-9(8)14/h5-6H,4,7,14H2,1-3H3,(H,16,17). The Hall–Kier alpha value is -1.29. The van der Waals surface area contributed by atoms with Gasteiger partial charge in [-0.2, -0.15) is 0 Å². The third kappa shape index (κ3) is 3.89. The van der Waals surface area contributed by atoms with Gasteiger partial charge in [-0.15, -0.1) is 0 Å². The number of anilines is 1. The number of rotatable bonds is 4. The fraction of sp³-hybridized carbons (Fsp3) is 0.500. The Morgan fingerprint density at radius 2 is 2.24 bits per heavy atom. The first-order valence-electron chi connectivity index (χ1n) is 5.55. The average molecular weight is 256 g/mol. The summed E-state index contributed by atoms with van der Waals surface area (Å²) in [4.78, 5) is 15.7. The first kappa shape index (κ1) is 13.8. The van der Waals surface area contributed by atoms with Crippen LogP contribution in [0, 0.1) is 5.41 Å². The molecule has 0 saturated heterocycles. The van der Waals surface area contributed by atoms with Crippen LogP contribution in [0.3, 0.4) is 0 Å². The number of hydrogen-bond donors (Lipinski definition) is 2. The SMILES string of the molecule is CCC(C)(C)CNC(=O)c1cc(Cl)ncc1N. The lowest BCUT2D eigenvalue weighted by atomic mass is 9.90. The molecule has 0 atom stereocenters. The van der Waals surface area contributed by atoms with Crippen LogP contribution in [-0.4, -0.2) is 17.4 Å². The number of carbonyl (C=O) groups excluding carboxylic acids is 1. The van der Waals surface area contributed by atoms with E-state index in [1.165, 1.54) is 12.3 Å². The number of nitrogen functional groups attached to an aromatic ring is 1. The summed E-state index contributed by atoms with van der Waals surface area (Å²) in [6, 6.07) is 1.48. The Morgan fingerprint density at radius 1 is 1.59 bits per heavy atom. The minimum Gasteiger partial charge on any atom is -0.397 e. The van der Waals surface area contributed by atoms with Gasteiger partial charge in [-0.25, -0.2) is 4.98 Å². The van der Waals surface area contributed by atoms with Crippen LogP contribution in [0.1, 0.15) is 37.6 Å². The van der Waals surface area contributed by atoms with E-state index in [4.69, 9.17) is 17.3 Å². The zero-order valence-corrected chi connectivity index (χ0v) is 11.1. The molecular formula is C12H18ClN3O. The fourth-order valence-electron chi connectivity index (χ4n) is 1.18. The molecular weight excluding hydrogens is 238 g/mol. The summed E-state index contributed by atoms with van der Waals surface area (Å²) >= 11 is 5.73. The van der Waals surface area contributed by atoms with Crippen LogP contribution in [0.15, 0.2) is 12.3 Å².